The molecule has 4 aromatic rings. The number of aromatic hydroxyl groups is 1. The summed E-state index contributed by atoms with van der Waals surface area (Å²) in [5.74, 6) is -0.734. The maximum absolute atomic E-state index is 14.4. The highest BCUT2D eigenvalue weighted by atomic mass is 19.1. The molecule has 0 unspecified atom stereocenters. The number of aromatic nitrogens is 4. The largest absolute Gasteiger partial charge is 0.504 e. The summed E-state index contributed by atoms with van der Waals surface area (Å²) in [6.45, 7) is 5.71. The number of amides is 2. The van der Waals surface area contributed by atoms with E-state index < -0.39 is 35.8 Å². The zero-order chi connectivity index (χ0) is 30.7. The molecule has 13 heteroatoms. The van der Waals surface area contributed by atoms with Gasteiger partial charge in [-0.25, -0.2) is 4.39 Å². The number of anilines is 1. The molecule has 1 aliphatic heterocycles. The number of fused-ring (bicyclic) bond motifs is 1. The number of hydrogen-bond acceptors (Lipinski definition) is 9. The minimum atomic E-state index is -1.24. The van der Waals surface area contributed by atoms with Gasteiger partial charge < -0.3 is 24.6 Å². The second kappa shape index (κ2) is 12.0. The Balaban J connectivity index is 1.60. The summed E-state index contributed by atoms with van der Waals surface area (Å²) in [6.07, 6.45) is 0. The maximum Gasteiger partial charge on any atom is 0.251 e. The van der Waals surface area contributed by atoms with Crippen LogP contribution in [0.2, 0.25) is 0 Å². The lowest BCUT2D eigenvalue weighted by molar-refractivity contribution is -0.128. The summed E-state index contributed by atoms with van der Waals surface area (Å²) in [5.41, 5.74) is 0.159. The number of carbonyl (C=O) groups excluding carboxylic acids is 2. The third kappa shape index (κ3) is 6.50. The first-order valence-corrected chi connectivity index (χ1v) is 13.5. The van der Waals surface area contributed by atoms with Crippen molar-refractivity contribution in [3.05, 3.63) is 72.0 Å². The van der Waals surface area contributed by atoms with Gasteiger partial charge in [0.05, 0.1) is 12.7 Å². The van der Waals surface area contributed by atoms with Gasteiger partial charge in [0, 0.05) is 17.3 Å². The molecule has 3 aromatic carbocycles. The lowest BCUT2D eigenvalue weighted by Gasteiger charge is -2.34. The first-order chi connectivity index (χ1) is 20.5. The number of hydrogen-bond donors (Lipinski definition) is 2. The van der Waals surface area contributed by atoms with Crippen LogP contribution in [0.1, 0.15) is 32.4 Å². The molecule has 2 N–H and O–H groups in total. The Hall–Kier alpha value is -5.20. The summed E-state index contributed by atoms with van der Waals surface area (Å²) in [6, 6.07) is 14.0. The highest BCUT2D eigenvalue weighted by Crippen LogP contribution is 2.39. The normalized spacial score (nSPS) is 13.2. The van der Waals surface area contributed by atoms with Crippen LogP contribution in [0, 0.1) is 5.82 Å². The van der Waals surface area contributed by atoms with Gasteiger partial charge in [0.1, 0.15) is 31.6 Å². The van der Waals surface area contributed by atoms with Gasteiger partial charge in [0.15, 0.2) is 23.0 Å². The van der Waals surface area contributed by atoms with Crippen molar-refractivity contribution in [3.63, 3.8) is 0 Å². The molecule has 0 bridgehead atoms. The van der Waals surface area contributed by atoms with Crippen molar-refractivity contribution < 1.29 is 33.3 Å². The van der Waals surface area contributed by atoms with Crippen LogP contribution in [-0.2, 0) is 16.1 Å². The van der Waals surface area contributed by atoms with Crippen molar-refractivity contribution in [2.75, 3.05) is 25.2 Å². The van der Waals surface area contributed by atoms with Crippen LogP contribution in [0.3, 0.4) is 0 Å². The Kier molecular flexibility index (Phi) is 8.15. The molecule has 1 aliphatic rings. The molecule has 43 heavy (non-hydrogen) atoms. The molecular weight excluding hydrogens is 559 g/mol. The minimum Gasteiger partial charge on any atom is -0.504 e. The number of carbonyl (C=O) groups is 2. The fraction of sp³-hybridized carbons (Fsp3) is 0.300. The molecule has 0 fully saturated rings. The number of phenolic OH excluding ortho intramolecular Hbond substituents is 1. The monoisotopic (exact) mass is 590 g/mol. The molecule has 2 amide bonds. The zero-order valence-electron chi connectivity index (χ0n) is 24.1. The highest BCUT2D eigenvalue weighted by Gasteiger charge is 2.36. The van der Waals surface area contributed by atoms with E-state index in [-0.39, 0.29) is 22.9 Å². The van der Waals surface area contributed by atoms with Crippen molar-refractivity contribution in [1.29, 1.82) is 0 Å². The molecule has 12 nitrogen and oxygen atoms in total. The number of methoxy groups -OCH3 is 1. The number of phenols is 1. The molecule has 1 atom stereocenters. The molecule has 5 rings (SSSR count). The van der Waals surface area contributed by atoms with Crippen LogP contribution in [0.4, 0.5) is 10.1 Å². The van der Waals surface area contributed by atoms with E-state index in [2.05, 4.69) is 20.7 Å². The van der Waals surface area contributed by atoms with Crippen LogP contribution in [-0.4, -0.2) is 63.0 Å². The number of nitrogens with one attached hydrogen (secondary N) is 1. The lowest BCUT2D eigenvalue weighted by atomic mass is 10.00. The van der Waals surface area contributed by atoms with E-state index in [9.17, 15) is 19.1 Å². The average molecular weight is 591 g/mol. The predicted molar refractivity (Wildman–Crippen MR) is 153 cm³/mol. The maximum atomic E-state index is 14.4. The van der Waals surface area contributed by atoms with Crippen LogP contribution < -0.4 is 24.4 Å². The Morgan fingerprint density at radius 1 is 1.09 bits per heavy atom. The van der Waals surface area contributed by atoms with E-state index in [1.807, 2.05) is 20.8 Å². The van der Waals surface area contributed by atoms with Crippen LogP contribution in [0.5, 0.6) is 23.0 Å². The Labute approximate surface area is 247 Å². The second-order valence-corrected chi connectivity index (χ2v) is 10.8. The topological polar surface area (TPSA) is 141 Å². The van der Waals surface area contributed by atoms with Crippen LogP contribution >= 0.6 is 0 Å². The Morgan fingerprint density at radius 2 is 1.84 bits per heavy atom. The molecule has 0 saturated heterocycles. The molecular formula is C30H31FN6O6. The Morgan fingerprint density at radius 3 is 2.56 bits per heavy atom. The molecule has 0 aliphatic carbocycles. The molecule has 224 valence electrons. The molecule has 0 spiro atoms. The summed E-state index contributed by atoms with van der Waals surface area (Å²) < 4.78 is 31.1. The first-order valence-electron chi connectivity index (χ1n) is 13.5. The third-order valence-electron chi connectivity index (χ3n) is 6.44. The highest BCUT2D eigenvalue weighted by molar-refractivity contribution is 6.01. The summed E-state index contributed by atoms with van der Waals surface area (Å²) in [7, 11) is 1.39. The van der Waals surface area contributed by atoms with E-state index in [1.165, 1.54) is 42.3 Å². The summed E-state index contributed by atoms with van der Waals surface area (Å²) in [4.78, 5) is 30.5. The van der Waals surface area contributed by atoms with E-state index >= 15 is 0 Å². The summed E-state index contributed by atoms with van der Waals surface area (Å²) >= 11 is 0. The number of tetrazole rings is 1. The number of benzene rings is 3. The van der Waals surface area contributed by atoms with E-state index in [4.69, 9.17) is 14.2 Å². The van der Waals surface area contributed by atoms with Crippen LogP contribution in [0.15, 0.2) is 60.7 Å². The van der Waals surface area contributed by atoms with Crippen molar-refractivity contribution in [1.82, 2.24) is 25.5 Å². The smallest absolute Gasteiger partial charge is 0.251 e. The quantitative estimate of drug-likeness (QED) is 0.315. The van der Waals surface area contributed by atoms with Gasteiger partial charge in [-0.05, 0) is 67.9 Å². The fourth-order valence-electron chi connectivity index (χ4n) is 4.60. The third-order valence-corrected chi connectivity index (χ3v) is 6.44. The van der Waals surface area contributed by atoms with Crippen molar-refractivity contribution >= 4 is 17.5 Å². The fourth-order valence-corrected chi connectivity index (χ4v) is 4.60. The van der Waals surface area contributed by atoms with Crippen molar-refractivity contribution in [2.45, 2.75) is 38.9 Å². The zero-order valence-corrected chi connectivity index (χ0v) is 24.1. The van der Waals surface area contributed by atoms with Crippen molar-refractivity contribution in [3.8, 4) is 34.4 Å². The van der Waals surface area contributed by atoms with Crippen molar-refractivity contribution in [2.24, 2.45) is 0 Å². The molecule has 1 aromatic heterocycles. The van der Waals surface area contributed by atoms with Crippen LogP contribution in [0.25, 0.3) is 11.4 Å². The van der Waals surface area contributed by atoms with Gasteiger partial charge in [0.25, 0.3) is 5.91 Å². The van der Waals surface area contributed by atoms with E-state index in [0.29, 0.717) is 36.0 Å². The molecule has 2 heterocycles. The van der Waals surface area contributed by atoms with Gasteiger partial charge in [-0.15, -0.1) is 10.2 Å². The van der Waals surface area contributed by atoms with Gasteiger partial charge in [0.2, 0.25) is 11.7 Å². The Bertz CT molecular complexity index is 1650. The standard InChI is InChI=1S/C30H31FN6O6/c1-30(2,3)32-29(40)27(18-9-11-22(38)24(15-18)41-4)37(19-10-12-23-25(16-19)43-14-13-42-23)26(39)17-36-34-28(33-35-36)20-7-5-6-8-21(20)31/h5-12,15-16,27,38H,13-14,17H2,1-4H3,(H,32,40)/t27-/m0/s1. The lowest BCUT2D eigenvalue weighted by Crippen LogP contribution is -2.50. The molecule has 0 saturated carbocycles. The van der Waals surface area contributed by atoms with E-state index in [0.717, 1.165) is 4.80 Å². The van der Waals surface area contributed by atoms with Gasteiger partial charge in [-0.1, -0.05) is 18.2 Å². The first kappa shape index (κ1) is 29.3. The summed E-state index contributed by atoms with van der Waals surface area (Å²) in [5, 5.41) is 25.3. The second-order valence-electron chi connectivity index (χ2n) is 10.8. The van der Waals surface area contributed by atoms with E-state index in [1.54, 1.807) is 30.3 Å². The molecule has 0 radical (unpaired) electrons. The number of ether oxygens (including phenoxy) is 3. The average Bonchev–Trinajstić information content (AvgIpc) is 3.43. The SMILES string of the molecule is COc1cc([C@@H](C(=O)NC(C)(C)C)N(C(=O)Cn2nnc(-c3ccccc3F)n2)c2ccc3c(c2)OCCO3)ccc1O. The number of nitrogens with zero attached hydrogens (tertiary/aromatic N) is 5. The van der Waals surface area contributed by atoms with Gasteiger partial charge >= 0.3 is 0 Å². The van der Waals surface area contributed by atoms with Gasteiger partial charge in [-0.2, -0.15) is 4.80 Å². The number of halogens is 1. The number of rotatable bonds is 8. The minimum absolute atomic E-state index is 0.00192. The van der Waals surface area contributed by atoms with Gasteiger partial charge in [-0.3, -0.25) is 14.5 Å². The predicted octanol–water partition coefficient (Wildman–Crippen LogP) is 3.65.